The second kappa shape index (κ2) is 11.4. The first-order chi connectivity index (χ1) is 16.9. The van der Waals surface area contributed by atoms with E-state index in [1.807, 2.05) is 30.5 Å². The number of aromatic nitrogens is 2. The largest absolute Gasteiger partial charge is 0.492 e. The molecule has 1 aliphatic carbocycles. The van der Waals surface area contributed by atoms with Gasteiger partial charge in [0.1, 0.15) is 16.5 Å². The third kappa shape index (κ3) is 6.60. The lowest BCUT2D eigenvalue weighted by Crippen LogP contribution is -2.16. The molecule has 0 atom stereocenters. The van der Waals surface area contributed by atoms with E-state index in [2.05, 4.69) is 9.97 Å². The summed E-state index contributed by atoms with van der Waals surface area (Å²) in [6.07, 6.45) is 7.77. The van der Waals surface area contributed by atoms with Crippen LogP contribution in [-0.2, 0) is 24.1 Å². The van der Waals surface area contributed by atoms with Crippen molar-refractivity contribution in [3.63, 3.8) is 0 Å². The molecule has 4 rings (SSSR count). The molecule has 2 aromatic heterocycles. The fourth-order valence-electron chi connectivity index (χ4n) is 4.36. The zero-order valence-electron chi connectivity index (χ0n) is 19.7. The predicted octanol–water partition coefficient (Wildman–Crippen LogP) is 4.89. The summed E-state index contributed by atoms with van der Waals surface area (Å²) < 4.78 is 5.60. The number of hydrogen-bond acceptors (Lipinski definition) is 7. The van der Waals surface area contributed by atoms with E-state index in [1.165, 1.54) is 29.8 Å². The van der Waals surface area contributed by atoms with Gasteiger partial charge in [0.15, 0.2) is 5.78 Å². The van der Waals surface area contributed by atoms with E-state index in [0.717, 1.165) is 47.5 Å². The first kappa shape index (κ1) is 24.7. The number of Topliss-reactive ketones (excluding diaryl/α,β-unsaturated/α-hetero) is 2. The molecule has 3 aromatic rings. The maximum atomic E-state index is 13.1. The zero-order valence-corrected chi connectivity index (χ0v) is 20.5. The fraction of sp³-hybridized carbons (Fsp3) is 0.370. The first-order valence-electron chi connectivity index (χ1n) is 11.8. The van der Waals surface area contributed by atoms with E-state index in [4.69, 9.17) is 9.84 Å². The summed E-state index contributed by atoms with van der Waals surface area (Å²) in [5.41, 5.74) is 3.41. The molecule has 35 heavy (non-hydrogen) atoms. The molecule has 8 heteroatoms. The number of hydrogen-bond donors (Lipinski definition) is 1. The van der Waals surface area contributed by atoms with Gasteiger partial charge in [0.25, 0.3) is 0 Å². The summed E-state index contributed by atoms with van der Waals surface area (Å²) in [4.78, 5) is 45.3. The molecule has 0 amide bonds. The van der Waals surface area contributed by atoms with Crippen LogP contribution in [0.15, 0.2) is 42.0 Å². The Bertz CT molecular complexity index is 1230. The second-order valence-electron chi connectivity index (χ2n) is 8.94. The number of rotatable bonds is 11. The number of benzene rings is 1. The number of carbonyl (C=O) groups excluding carboxylic acids is 2. The summed E-state index contributed by atoms with van der Waals surface area (Å²) in [6, 6.07) is 7.22. The number of aromatic carboxylic acids is 1. The van der Waals surface area contributed by atoms with Gasteiger partial charge in [-0.3, -0.25) is 14.6 Å². The minimum atomic E-state index is -1.06. The van der Waals surface area contributed by atoms with Crippen molar-refractivity contribution >= 4 is 28.9 Å². The Morgan fingerprint density at radius 3 is 2.69 bits per heavy atom. The number of carboxylic acids is 1. The molecule has 182 valence electrons. The lowest BCUT2D eigenvalue weighted by molar-refractivity contribution is -0.117. The van der Waals surface area contributed by atoms with Crippen molar-refractivity contribution < 1.29 is 24.2 Å². The highest BCUT2D eigenvalue weighted by Crippen LogP contribution is 2.30. The molecule has 2 heterocycles. The average Bonchev–Trinajstić information content (AvgIpc) is 3.52. The van der Waals surface area contributed by atoms with E-state index in [0.29, 0.717) is 24.3 Å². The highest BCUT2D eigenvalue weighted by molar-refractivity contribution is 7.09. The first-order valence-corrected chi connectivity index (χ1v) is 12.7. The Morgan fingerprint density at radius 1 is 1.11 bits per heavy atom. The van der Waals surface area contributed by atoms with Crippen molar-refractivity contribution in [2.75, 3.05) is 6.61 Å². The summed E-state index contributed by atoms with van der Waals surface area (Å²) in [5, 5.41) is 11.7. The number of ketones is 2. The second-order valence-corrected chi connectivity index (χ2v) is 9.89. The quantitative estimate of drug-likeness (QED) is 0.380. The number of nitrogens with zero attached hydrogens (tertiary/aromatic N) is 2. The Labute approximate surface area is 208 Å². The predicted molar refractivity (Wildman–Crippen MR) is 132 cm³/mol. The van der Waals surface area contributed by atoms with Crippen LogP contribution >= 0.6 is 11.3 Å². The molecule has 0 radical (unpaired) electrons. The number of thiazole rings is 1. The van der Waals surface area contributed by atoms with E-state index >= 15 is 0 Å². The van der Waals surface area contributed by atoms with Gasteiger partial charge in [-0.25, -0.2) is 9.78 Å². The molecular formula is C27H28N2O5S. The van der Waals surface area contributed by atoms with Gasteiger partial charge >= 0.3 is 5.97 Å². The van der Waals surface area contributed by atoms with E-state index in [1.54, 1.807) is 0 Å². The van der Waals surface area contributed by atoms with Crippen LogP contribution in [0.5, 0.6) is 5.75 Å². The highest BCUT2D eigenvalue weighted by atomic mass is 32.1. The van der Waals surface area contributed by atoms with Crippen molar-refractivity contribution in [1.82, 2.24) is 9.97 Å². The Balaban J connectivity index is 1.32. The molecule has 1 N–H and O–H groups in total. The maximum absolute atomic E-state index is 13.1. The van der Waals surface area contributed by atoms with Crippen LogP contribution in [0.3, 0.4) is 0 Å². The minimum Gasteiger partial charge on any atom is -0.492 e. The van der Waals surface area contributed by atoms with Crippen LogP contribution in [0.2, 0.25) is 0 Å². The summed E-state index contributed by atoms with van der Waals surface area (Å²) in [7, 11) is 0. The lowest BCUT2D eigenvalue weighted by atomic mass is 9.90. The monoisotopic (exact) mass is 492 g/mol. The Kier molecular flexibility index (Phi) is 8.02. The number of carbonyl (C=O) groups is 3. The van der Waals surface area contributed by atoms with Gasteiger partial charge in [-0.1, -0.05) is 30.5 Å². The van der Waals surface area contributed by atoms with Gasteiger partial charge in [0.05, 0.1) is 30.5 Å². The van der Waals surface area contributed by atoms with Crippen molar-refractivity contribution in [2.24, 2.45) is 5.92 Å². The molecule has 1 saturated carbocycles. The normalized spacial score (nSPS) is 13.6. The molecule has 1 fully saturated rings. The Hall–Kier alpha value is -3.39. The van der Waals surface area contributed by atoms with Crippen LogP contribution < -0.4 is 4.74 Å². The molecule has 0 spiro atoms. The van der Waals surface area contributed by atoms with Crippen LogP contribution in [0.4, 0.5) is 0 Å². The fourth-order valence-corrected chi connectivity index (χ4v) is 5.22. The van der Waals surface area contributed by atoms with E-state index in [9.17, 15) is 14.4 Å². The highest BCUT2D eigenvalue weighted by Gasteiger charge is 2.26. The van der Waals surface area contributed by atoms with Crippen LogP contribution in [0, 0.1) is 12.8 Å². The van der Waals surface area contributed by atoms with Gasteiger partial charge < -0.3 is 9.84 Å². The topological polar surface area (TPSA) is 106 Å². The van der Waals surface area contributed by atoms with Crippen molar-refractivity contribution in [3.8, 4) is 5.75 Å². The molecule has 0 unspecified atom stereocenters. The van der Waals surface area contributed by atoms with Gasteiger partial charge in [0.2, 0.25) is 0 Å². The Morgan fingerprint density at radius 2 is 1.91 bits per heavy atom. The number of aryl methyl sites for hydroxylation is 1. The summed E-state index contributed by atoms with van der Waals surface area (Å²) >= 11 is 1.43. The van der Waals surface area contributed by atoms with Crippen LogP contribution in [0.25, 0.3) is 0 Å². The van der Waals surface area contributed by atoms with Gasteiger partial charge in [-0.15, -0.1) is 11.3 Å². The molecular weight excluding hydrogens is 464 g/mol. The summed E-state index contributed by atoms with van der Waals surface area (Å²) in [5.74, 6) is -0.386. The van der Waals surface area contributed by atoms with Crippen molar-refractivity contribution in [3.05, 3.63) is 75.0 Å². The molecule has 0 saturated heterocycles. The van der Waals surface area contributed by atoms with E-state index in [-0.39, 0.29) is 35.9 Å². The zero-order chi connectivity index (χ0) is 24.8. The van der Waals surface area contributed by atoms with Gasteiger partial charge in [-0.2, -0.15) is 0 Å². The molecule has 1 aromatic carbocycles. The minimum absolute atomic E-state index is 0.0306. The molecule has 0 aliphatic heterocycles. The van der Waals surface area contributed by atoms with E-state index < -0.39 is 5.97 Å². The third-order valence-electron chi connectivity index (χ3n) is 6.18. The smallest absolute Gasteiger partial charge is 0.337 e. The average molecular weight is 493 g/mol. The van der Waals surface area contributed by atoms with Crippen molar-refractivity contribution in [2.45, 2.75) is 51.9 Å². The number of pyridine rings is 1. The molecule has 7 nitrogen and oxygen atoms in total. The van der Waals surface area contributed by atoms with Crippen LogP contribution in [-0.4, -0.2) is 39.2 Å². The summed E-state index contributed by atoms with van der Waals surface area (Å²) in [6.45, 7) is 2.29. The SMILES string of the molecule is Cc1ccc(CC(=O)Cc2nc(CCOc3cncc(C(=O)O)c3)cs2)c(C(=O)C2CCCC2)c1. The standard InChI is InChI=1S/C27H28N2O5S/c1-17-6-7-19(24(10-17)26(31)18-4-2-3-5-18)11-22(30)13-25-29-21(16-35-25)8-9-34-23-12-20(27(32)33)14-28-15-23/h6-7,10,12,14-16,18H,2-5,8-9,11,13H2,1H3,(H,32,33). The number of ether oxygens (including phenoxy) is 1. The van der Waals surface area contributed by atoms with Gasteiger partial charge in [-0.05, 0) is 37.5 Å². The van der Waals surface area contributed by atoms with Crippen molar-refractivity contribution in [1.29, 1.82) is 0 Å². The maximum Gasteiger partial charge on any atom is 0.337 e. The molecule has 0 bridgehead atoms. The molecule has 1 aliphatic rings. The lowest BCUT2D eigenvalue weighted by Gasteiger charge is -2.13. The third-order valence-corrected chi connectivity index (χ3v) is 7.08. The van der Waals surface area contributed by atoms with Gasteiger partial charge in [0, 0.05) is 35.9 Å². The number of carboxylic acid groups (broad SMARTS) is 1. The van der Waals surface area contributed by atoms with Crippen LogP contribution in [0.1, 0.15) is 68.2 Å².